The van der Waals surface area contributed by atoms with Crippen molar-refractivity contribution in [2.45, 2.75) is 13.8 Å². The second-order valence-corrected chi connectivity index (χ2v) is 7.92. The van der Waals surface area contributed by atoms with E-state index in [0.717, 1.165) is 29.0 Å². The van der Waals surface area contributed by atoms with Crippen molar-refractivity contribution in [3.63, 3.8) is 0 Å². The van der Waals surface area contributed by atoms with Crippen LogP contribution in [0.25, 0.3) is 20.8 Å². The molecule has 0 saturated carbocycles. The van der Waals surface area contributed by atoms with Gasteiger partial charge in [-0.05, 0) is 68.4 Å². The van der Waals surface area contributed by atoms with E-state index in [4.69, 9.17) is 0 Å². The van der Waals surface area contributed by atoms with Crippen LogP contribution in [-0.2, 0) is 0 Å². The van der Waals surface area contributed by atoms with Gasteiger partial charge in [0.1, 0.15) is 10.8 Å². The number of thiazole rings is 1. The van der Waals surface area contributed by atoms with E-state index >= 15 is 0 Å². The largest absolute Gasteiger partial charge is 0.507 e. The lowest BCUT2D eigenvalue weighted by molar-refractivity contribution is 0.102. The van der Waals surface area contributed by atoms with Crippen LogP contribution in [0.15, 0.2) is 66.7 Å². The Labute approximate surface area is 179 Å². The van der Waals surface area contributed by atoms with Gasteiger partial charge in [-0.1, -0.05) is 12.1 Å². The summed E-state index contributed by atoms with van der Waals surface area (Å²) in [7, 11) is 0. The van der Waals surface area contributed by atoms with Gasteiger partial charge < -0.3 is 15.3 Å². The first-order valence-corrected chi connectivity index (χ1v) is 10.8. The molecule has 4 aromatic rings. The molecule has 3 aromatic carbocycles. The number of carbonyl (C=O) groups is 1. The molecule has 0 aliphatic carbocycles. The molecule has 0 aliphatic rings. The molecule has 1 aromatic heterocycles. The Hall–Kier alpha value is -3.38. The second kappa shape index (κ2) is 8.55. The van der Waals surface area contributed by atoms with Gasteiger partial charge in [0, 0.05) is 30.0 Å². The molecule has 0 bridgehead atoms. The predicted octanol–water partition coefficient (Wildman–Crippen LogP) is 5.77. The van der Waals surface area contributed by atoms with Crippen LogP contribution in [0.3, 0.4) is 0 Å². The minimum atomic E-state index is -0.193. The van der Waals surface area contributed by atoms with Gasteiger partial charge in [-0.15, -0.1) is 11.3 Å². The lowest BCUT2D eigenvalue weighted by Gasteiger charge is -2.21. The zero-order valence-corrected chi connectivity index (χ0v) is 17.7. The van der Waals surface area contributed by atoms with Crippen LogP contribution in [-0.4, -0.2) is 29.1 Å². The molecule has 6 heteroatoms. The number of nitrogens with zero attached hydrogens (tertiary/aromatic N) is 2. The number of benzene rings is 3. The first kappa shape index (κ1) is 19.9. The maximum atomic E-state index is 12.7. The Kier molecular flexibility index (Phi) is 5.68. The van der Waals surface area contributed by atoms with E-state index in [2.05, 4.69) is 29.0 Å². The normalized spacial score (nSPS) is 10.9. The van der Waals surface area contributed by atoms with Crippen LogP contribution >= 0.6 is 11.3 Å². The van der Waals surface area contributed by atoms with Crippen LogP contribution in [0.2, 0.25) is 0 Å². The number of phenols is 1. The number of phenolic OH excluding ortho intramolecular Hbond substituents is 1. The SMILES string of the molecule is CCN(CC)c1ccc(C(=O)Nc2ccc(O)c(-c3nc4ccccc4s3)c2)cc1. The highest BCUT2D eigenvalue weighted by Crippen LogP contribution is 2.36. The van der Waals surface area contributed by atoms with Crippen molar-refractivity contribution in [3.05, 3.63) is 72.3 Å². The van der Waals surface area contributed by atoms with Gasteiger partial charge in [0.15, 0.2) is 0 Å². The number of para-hydroxylation sites is 1. The maximum absolute atomic E-state index is 12.7. The van der Waals surface area contributed by atoms with Crippen LogP contribution in [0.5, 0.6) is 5.75 Å². The monoisotopic (exact) mass is 417 g/mol. The number of aromatic hydroxyl groups is 1. The molecule has 0 radical (unpaired) electrons. The predicted molar refractivity (Wildman–Crippen MR) is 125 cm³/mol. The molecule has 0 unspecified atom stereocenters. The highest BCUT2D eigenvalue weighted by atomic mass is 32.1. The van der Waals surface area contributed by atoms with E-state index in [-0.39, 0.29) is 11.7 Å². The van der Waals surface area contributed by atoms with Crippen molar-refractivity contribution in [2.75, 3.05) is 23.3 Å². The number of anilines is 2. The molecule has 1 amide bonds. The number of hydrogen-bond donors (Lipinski definition) is 2. The number of aromatic nitrogens is 1. The third kappa shape index (κ3) is 4.00. The quantitative estimate of drug-likeness (QED) is 0.391. The topological polar surface area (TPSA) is 65.5 Å². The van der Waals surface area contributed by atoms with Crippen molar-refractivity contribution in [1.29, 1.82) is 0 Å². The number of rotatable bonds is 6. The Morgan fingerprint density at radius 1 is 1.03 bits per heavy atom. The summed E-state index contributed by atoms with van der Waals surface area (Å²) in [5.41, 5.74) is 3.78. The first-order valence-electron chi connectivity index (χ1n) is 9.94. The Morgan fingerprint density at radius 2 is 1.77 bits per heavy atom. The average Bonchev–Trinajstić information content (AvgIpc) is 3.20. The Balaban J connectivity index is 1.56. The summed E-state index contributed by atoms with van der Waals surface area (Å²) in [6, 6.07) is 20.5. The molecule has 0 atom stereocenters. The zero-order valence-electron chi connectivity index (χ0n) is 16.9. The minimum Gasteiger partial charge on any atom is -0.507 e. The molecule has 1 heterocycles. The van der Waals surface area contributed by atoms with Gasteiger partial charge in [0.25, 0.3) is 5.91 Å². The van der Waals surface area contributed by atoms with E-state index in [0.29, 0.717) is 21.8 Å². The second-order valence-electron chi connectivity index (χ2n) is 6.89. The summed E-state index contributed by atoms with van der Waals surface area (Å²) in [6.07, 6.45) is 0. The standard InChI is InChI=1S/C24H23N3O2S/c1-3-27(4-2)18-12-9-16(10-13-18)23(29)25-17-11-14-21(28)19(15-17)24-26-20-7-5-6-8-22(20)30-24/h5-15,28H,3-4H2,1-2H3,(H,25,29). The summed E-state index contributed by atoms with van der Waals surface area (Å²) in [4.78, 5) is 19.5. The fourth-order valence-electron chi connectivity index (χ4n) is 3.39. The molecule has 5 nitrogen and oxygen atoms in total. The van der Waals surface area contributed by atoms with Gasteiger partial charge in [0.2, 0.25) is 0 Å². The smallest absolute Gasteiger partial charge is 0.255 e. The van der Waals surface area contributed by atoms with E-state index in [9.17, 15) is 9.90 Å². The van der Waals surface area contributed by atoms with Gasteiger partial charge in [0.05, 0.1) is 15.8 Å². The molecular formula is C24H23N3O2S. The Bertz CT molecular complexity index is 1150. The number of amides is 1. The molecule has 2 N–H and O–H groups in total. The van der Waals surface area contributed by atoms with Crippen molar-refractivity contribution in [2.24, 2.45) is 0 Å². The van der Waals surface area contributed by atoms with Gasteiger partial charge in [-0.2, -0.15) is 0 Å². The number of carbonyl (C=O) groups excluding carboxylic acids is 1. The summed E-state index contributed by atoms with van der Waals surface area (Å²) >= 11 is 1.51. The average molecular weight is 418 g/mol. The van der Waals surface area contributed by atoms with Gasteiger partial charge >= 0.3 is 0 Å². The van der Waals surface area contributed by atoms with Crippen LogP contribution in [0.1, 0.15) is 24.2 Å². The third-order valence-electron chi connectivity index (χ3n) is 5.04. The Morgan fingerprint density at radius 3 is 2.47 bits per heavy atom. The molecule has 4 rings (SSSR count). The summed E-state index contributed by atoms with van der Waals surface area (Å²) in [6.45, 7) is 6.06. The van der Waals surface area contributed by atoms with Crippen molar-refractivity contribution in [3.8, 4) is 16.3 Å². The fourth-order valence-corrected chi connectivity index (χ4v) is 4.38. The fraction of sp³-hybridized carbons (Fsp3) is 0.167. The van der Waals surface area contributed by atoms with E-state index in [1.54, 1.807) is 18.2 Å². The maximum Gasteiger partial charge on any atom is 0.255 e. The molecule has 0 spiro atoms. The lowest BCUT2D eigenvalue weighted by Crippen LogP contribution is -2.21. The number of hydrogen-bond acceptors (Lipinski definition) is 5. The molecular weight excluding hydrogens is 394 g/mol. The van der Waals surface area contributed by atoms with Gasteiger partial charge in [-0.25, -0.2) is 4.98 Å². The van der Waals surface area contributed by atoms with Crippen LogP contribution in [0.4, 0.5) is 11.4 Å². The molecule has 0 fully saturated rings. The molecule has 30 heavy (non-hydrogen) atoms. The summed E-state index contributed by atoms with van der Waals surface area (Å²) in [5, 5.41) is 14.0. The van der Waals surface area contributed by atoms with E-state index in [1.165, 1.54) is 11.3 Å². The lowest BCUT2D eigenvalue weighted by atomic mass is 10.1. The highest BCUT2D eigenvalue weighted by Gasteiger charge is 2.13. The van der Waals surface area contributed by atoms with E-state index in [1.807, 2.05) is 48.5 Å². The highest BCUT2D eigenvalue weighted by molar-refractivity contribution is 7.21. The van der Waals surface area contributed by atoms with Crippen LogP contribution in [0, 0.1) is 0 Å². The van der Waals surface area contributed by atoms with Crippen LogP contribution < -0.4 is 10.2 Å². The molecule has 0 saturated heterocycles. The first-order chi connectivity index (χ1) is 14.6. The number of fused-ring (bicyclic) bond motifs is 1. The zero-order chi connectivity index (χ0) is 21.1. The minimum absolute atomic E-state index is 0.135. The summed E-state index contributed by atoms with van der Waals surface area (Å²) < 4.78 is 1.05. The van der Waals surface area contributed by atoms with E-state index < -0.39 is 0 Å². The van der Waals surface area contributed by atoms with Crippen molar-refractivity contribution in [1.82, 2.24) is 4.98 Å². The third-order valence-corrected chi connectivity index (χ3v) is 6.11. The summed E-state index contributed by atoms with van der Waals surface area (Å²) in [5.74, 6) is -0.0577. The van der Waals surface area contributed by atoms with Crippen molar-refractivity contribution < 1.29 is 9.90 Å². The molecule has 0 aliphatic heterocycles. The van der Waals surface area contributed by atoms with Gasteiger partial charge in [-0.3, -0.25) is 4.79 Å². The number of nitrogens with one attached hydrogen (secondary N) is 1. The molecule has 152 valence electrons. The van der Waals surface area contributed by atoms with Crippen molar-refractivity contribution >= 4 is 38.8 Å².